The Morgan fingerprint density at radius 1 is 0.667 bits per heavy atom. The highest BCUT2D eigenvalue weighted by molar-refractivity contribution is 5.03. The second kappa shape index (κ2) is 5.16. The van der Waals surface area contributed by atoms with Crippen molar-refractivity contribution in [2.75, 3.05) is 0 Å². The van der Waals surface area contributed by atoms with Crippen LogP contribution in [0.2, 0.25) is 0 Å². The molecule has 1 unspecified atom stereocenters. The molecule has 0 spiro atoms. The highest BCUT2D eigenvalue weighted by atomic mass is 19.4. The van der Waals surface area contributed by atoms with Crippen LogP contribution in [0.1, 0.15) is 32.6 Å². The van der Waals surface area contributed by atoms with Gasteiger partial charge in [0.25, 0.3) is 5.67 Å². The first-order chi connectivity index (χ1) is 7.81. The Balaban J connectivity index is 5.36. The van der Waals surface area contributed by atoms with Crippen molar-refractivity contribution in [3.05, 3.63) is 0 Å². The van der Waals surface area contributed by atoms with Crippen LogP contribution in [0.25, 0.3) is 0 Å². The number of hydrogen-bond donors (Lipinski definition) is 0. The van der Waals surface area contributed by atoms with Gasteiger partial charge in [0.05, 0.1) is 0 Å². The van der Waals surface area contributed by atoms with Crippen molar-refractivity contribution in [3.8, 4) is 0 Å². The van der Waals surface area contributed by atoms with Crippen LogP contribution in [0.4, 0.5) is 39.5 Å². The molecule has 0 nitrogen and oxygen atoms in total. The molecule has 0 fully saturated rings. The highest BCUT2D eigenvalue weighted by Gasteiger charge is 2.80. The summed E-state index contributed by atoms with van der Waals surface area (Å²) in [5.74, 6) is -6.47. The summed E-state index contributed by atoms with van der Waals surface area (Å²) < 4.78 is 111. The first-order valence-corrected chi connectivity index (χ1v) is 5.01. The summed E-state index contributed by atoms with van der Waals surface area (Å²) >= 11 is 0. The van der Waals surface area contributed by atoms with Crippen LogP contribution >= 0.6 is 0 Å². The molecule has 0 aromatic carbocycles. The molecule has 18 heavy (non-hydrogen) atoms. The van der Waals surface area contributed by atoms with Gasteiger partial charge in [0.15, 0.2) is 0 Å². The lowest BCUT2D eigenvalue weighted by atomic mass is 9.90. The predicted octanol–water partition coefficient (Wildman–Crippen LogP) is 5.03. The van der Waals surface area contributed by atoms with Crippen molar-refractivity contribution in [2.24, 2.45) is 0 Å². The van der Waals surface area contributed by atoms with Crippen molar-refractivity contribution in [1.29, 1.82) is 0 Å². The molecular weight excluding hydrogens is 279 g/mol. The minimum atomic E-state index is -6.59. The Kier molecular flexibility index (Phi) is 4.98. The summed E-state index contributed by atoms with van der Waals surface area (Å²) in [7, 11) is 0. The van der Waals surface area contributed by atoms with Gasteiger partial charge in [-0.25, -0.2) is 4.39 Å². The SMILES string of the molecule is CCCCCC(F)(C(F)(F)F)C(F)(F)C(F)(F)F. The average Bonchev–Trinajstić information content (AvgIpc) is 2.14. The molecule has 0 heterocycles. The Morgan fingerprint density at radius 2 is 1.11 bits per heavy atom. The molecule has 0 aliphatic carbocycles. The van der Waals surface area contributed by atoms with Gasteiger partial charge in [-0.3, -0.25) is 0 Å². The summed E-state index contributed by atoms with van der Waals surface area (Å²) in [5.41, 5.74) is -5.59. The first-order valence-electron chi connectivity index (χ1n) is 5.01. The molecular formula is C9H11F9. The number of halogens is 9. The number of unbranched alkanes of at least 4 members (excludes halogenated alkanes) is 2. The third-order valence-electron chi connectivity index (χ3n) is 2.43. The minimum Gasteiger partial charge on any atom is -0.227 e. The molecule has 0 saturated heterocycles. The van der Waals surface area contributed by atoms with Gasteiger partial charge in [0.2, 0.25) is 0 Å². The Morgan fingerprint density at radius 3 is 1.39 bits per heavy atom. The standard InChI is InChI=1S/C9H11F9/c1-2-3-4-5-6(10,8(13,14)15)7(11,12)9(16,17)18/h2-5H2,1H3. The van der Waals surface area contributed by atoms with Crippen LogP contribution in [0.15, 0.2) is 0 Å². The number of alkyl halides is 9. The molecule has 1 atom stereocenters. The number of rotatable bonds is 5. The molecule has 0 rings (SSSR count). The van der Waals surface area contributed by atoms with E-state index in [1.165, 1.54) is 6.92 Å². The lowest BCUT2D eigenvalue weighted by Crippen LogP contribution is -2.62. The summed E-state index contributed by atoms with van der Waals surface area (Å²) in [6.45, 7) is 1.48. The minimum absolute atomic E-state index is 0.0737. The van der Waals surface area contributed by atoms with Crippen LogP contribution in [0, 0.1) is 0 Å². The normalized spacial score (nSPS) is 17.7. The molecule has 0 aromatic heterocycles. The van der Waals surface area contributed by atoms with Crippen molar-refractivity contribution in [2.45, 2.75) is 56.6 Å². The van der Waals surface area contributed by atoms with Gasteiger partial charge in [-0.1, -0.05) is 19.8 Å². The quantitative estimate of drug-likeness (QED) is 0.492. The van der Waals surface area contributed by atoms with E-state index < -0.39 is 36.8 Å². The fourth-order valence-electron chi connectivity index (χ4n) is 1.32. The fourth-order valence-corrected chi connectivity index (χ4v) is 1.32. The van der Waals surface area contributed by atoms with E-state index in [-0.39, 0.29) is 12.8 Å². The Hall–Kier alpha value is -0.630. The molecule has 0 amide bonds. The van der Waals surface area contributed by atoms with E-state index in [1.54, 1.807) is 0 Å². The van der Waals surface area contributed by atoms with Crippen LogP contribution in [0.5, 0.6) is 0 Å². The summed E-state index contributed by atoms with van der Waals surface area (Å²) in [6.07, 6.45) is -15.3. The molecule has 0 aromatic rings. The van der Waals surface area contributed by atoms with E-state index in [9.17, 15) is 39.5 Å². The van der Waals surface area contributed by atoms with Gasteiger partial charge in [-0.05, 0) is 12.8 Å². The zero-order valence-corrected chi connectivity index (χ0v) is 9.23. The van der Waals surface area contributed by atoms with Crippen LogP contribution < -0.4 is 0 Å². The van der Waals surface area contributed by atoms with Crippen molar-refractivity contribution in [1.82, 2.24) is 0 Å². The van der Waals surface area contributed by atoms with Gasteiger partial charge >= 0.3 is 18.3 Å². The first kappa shape index (κ1) is 17.4. The zero-order chi connectivity index (χ0) is 14.8. The van der Waals surface area contributed by atoms with E-state index in [4.69, 9.17) is 0 Å². The third-order valence-corrected chi connectivity index (χ3v) is 2.43. The second-order valence-electron chi connectivity index (χ2n) is 3.83. The maximum Gasteiger partial charge on any atom is 0.457 e. The Bertz CT molecular complexity index is 264. The average molecular weight is 290 g/mol. The molecule has 0 radical (unpaired) electrons. The number of hydrogen-bond acceptors (Lipinski definition) is 0. The topological polar surface area (TPSA) is 0 Å². The highest BCUT2D eigenvalue weighted by Crippen LogP contribution is 2.54. The largest absolute Gasteiger partial charge is 0.457 e. The van der Waals surface area contributed by atoms with Crippen molar-refractivity contribution in [3.63, 3.8) is 0 Å². The van der Waals surface area contributed by atoms with Gasteiger partial charge in [-0.15, -0.1) is 0 Å². The molecule has 0 bridgehead atoms. The molecule has 0 N–H and O–H groups in total. The van der Waals surface area contributed by atoms with Gasteiger partial charge in [0.1, 0.15) is 0 Å². The molecule has 110 valence electrons. The maximum absolute atomic E-state index is 13.3. The Labute approximate surface area is 97.1 Å². The lowest BCUT2D eigenvalue weighted by molar-refractivity contribution is -0.384. The zero-order valence-electron chi connectivity index (χ0n) is 9.23. The fraction of sp³-hybridized carbons (Fsp3) is 1.00. The van der Waals surface area contributed by atoms with Gasteiger partial charge in [0, 0.05) is 0 Å². The van der Waals surface area contributed by atoms with E-state index >= 15 is 0 Å². The van der Waals surface area contributed by atoms with Crippen molar-refractivity contribution < 1.29 is 39.5 Å². The van der Waals surface area contributed by atoms with E-state index in [0.717, 1.165) is 0 Å². The third kappa shape index (κ3) is 3.03. The van der Waals surface area contributed by atoms with Crippen LogP contribution in [-0.2, 0) is 0 Å². The molecule has 9 heteroatoms. The summed E-state index contributed by atoms with van der Waals surface area (Å²) in [6, 6.07) is 0. The predicted molar refractivity (Wildman–Crippen MR) is 45.0 cm³/mol. The summed E-state index contributed by atoms with van der Waals surface area (Å²) in [5, 5.41) is 0. The molecule has 0 aliphatic heterocycles. The van der Waals surface area contributed by atoms with Gasteiger partial charge < -0.3 is 0 Å². The van der Waals surface area contributed by atoms with Crippen LogP contribution in [-0.4, -0.2) is 23.9 Å². The van der Waals surface area contributed by atoms with Gasteiger partial charge in [-0.2, -0.15) is 35.1 Å². The second-order valence-corrected chi connectivity index (χ2v) is 3.83. The van der Waals surface area contributed by atoms with E-state index in [2.05, 4.69) is 0 Å². The van der Waals surface area contributed by atoms with Crippen molar-refractivity contribution >= 4 is 0 Å². The monoisotopic (exact) mass is 290 g/mol. The lowest BCUT2D eigenvalue weighted by Gasteiger charge is -2.35. The van der Waals surface area contributed by atoms with Crippen LogP contribution in [0.3, 0.4) is 0 Å². The van der Waals surface area contributed by atoms with E-state index in [0.29, 0.717) is 0 Å². The smallest absolute Gasteiger partial charge is 0.227 e. The summed E-state index contributed by atoms with van der Waals surface area (Å²) in [4.78, 5) is 0. The molecule has 0 saturated carbocycles. The van der Waals surface area contributed by atoms with E-state index in [1.807, 2.05) is 0 Å². The molecule has 0 aliphatic rings. The maximum atomic E-state index is 13.3.